The number of fused-ring (bicyclic) bond motifs is 1. The van der Waals surface area contributed by atoms with Crippen LogP contribution < -0.4 is 0 Å². The molecule has 0 bridgehead atoms. The monoisotopic (exact) mass is 282 g/mol. The normalized spacial score (nSPS) is 28.7. The lowest BCUT2D eigenvalue weighted by molar-refractivity contribution is 0.0491. The molecule has 0 aliphatic carbocycles. The van der Waals surface area contributed by atoms with E-state index in [0.29, 0.717) is 11.1 Å². The molecule has 4 unspecified atom stereocenters. The number of hydrogen-bond donors (Lipinski definition) is 1. The zero-order valence-corrected chi connectivity index (χ0v) is 12.4. The van der Waals surface area contributed by atoms with Crippen molar-refractivity contribution in [3.05, 3.63) is 35.5 Å². The van der Waals surface area contributed by atoms with Crippen LogP contribution in [0.5, 0.6) is 0 Å². The van der Waals surface area contributed by atoms with Crippen LogP contribution in [0, 0.1) is 23.2 Å². The van der Waals surface area contributed by atoms with E-state index < -0.39 is 0 Å². The zero-order chi connectivity index (χ0) is 15.1. The van der Waals surface area contributed by atoms with Crippen LogP contribution in [0.15, 0.2) is 24.4 Å². The molecule has 108 valence electrons. The highest BCUT2D eigenvalue weighted by Crippen LogP contribution is 2.35. The summed E-state index contributed by atoms with van der Waals surface area (Å²) in [4.78, 5) is 16.0. The molecule has 1 N–H and O–H groups in total. The largest absolute Gasteiger partial charge is 0.374 e. The lowest BCUT2D eigenvalue weighted by Gasteiger charge is -2.16. The molecule has 4 heteroatoms. The fourth-order valence-corrected chi connectivity index (χ4v) is 3.30. The minimum absolute atomic E-state index is 0.0640. The molecule has 1 aromatic carbocycles. The van der Waals surface area contributed by atoms with E-state index in [0.717, 1.165) is 10.9 Å². The highest BCUT2D eigenvalue weighted by atomic mass is 16.5. The van der Waals surface area contributed by atoms with Gasteiger partial charge in [-0.05, 0) is 31.9 Å². The number of aromatic nitrogens is 1. The molecular formula is C17H18N2O2. The first-order chi connectivity index (χ1) is 10.0. The van der Waals surface area contributed by atoms with E-state index in [2.05, 4.69) is 18.0 Å². The maximum atomic E-state index is 12.9. The molecule has 0 amide bonds. The Labute approximate surface area is 123 Å². The van der Waals surface area contributed by atoms with Gasteiger partial charge in [-0.3, -0.25) is 4.79 Å². The maximum Gasteiger partial charge on any atom is 0.171 e. The summed E-state index contributed by atoms with van der Waals surface area (Å²) in [6.07, 6.45) is 1.78. The molecule has 1 saturated heterocycles. The van der Waals surface area contributed by atoms with E-state index in [-0.39, 0.29) is 29.8 Å². The summed E-state index contributed by atoms with van der Waals surface area (Å²) >= 11 is 0. The van der Waals surface area contributed by atoms with Crippen LogP contribution in [0.25, 0.3) is 10.9 Å². The molecule has 0 radical (unpaired) electrons. The minimum atomic E-state index is -0.116. The van der Waals surface area contributed by atoms with Gasteiger partial charge < -0.3 is 9.72 Å². The van der Waals surface area contributed by atoms with Gasteiger partial charge >= 0.3 is 0 Å². The minimum Gasteiger partial charge on any atom is -0.374 e. The van der Waals surface area contributed by atoms with Gasteiger partial charge in [0, 0.05) is 22.7 Å². The molecule has 4 atom stereocenters. The molecule has 2 heterocycles. The molecule has 3 rings (SSSR count). The summed E-state index contributed by atoms with van der Waals surface area (Å²) < 4.78 is 5.78. The van der Waals surface area contributed by atoms with E-state index in [1.54, 1.807) is 18.3 Å². The van der Waals surface area contributed by atoms with Gasteiger partial charge in [-0.1, -0.05) is 13.0 Å². The highest BCUT2D eigenvalue weighted by Gasteiger charge is 2.42. The fourth-order valence-electron chi connectivity index (χ4n) is 3.30. The number of carbonyl (C=O) groups excluding carboxylic acids is 1. The third kappa shape index (κ3) is 2.14. The Hall–Kier alpha value is -2.12. The molecule has 4 nitrogen and oxygen atoms in total. The first-order valence-corrected chi connectivity index (χ1v) is 7.24. The van der Waals surface area contributed by atoms with Crippen molar-refractivity contribution in [3.63, 3.8) is 0 Å². The Morgan fingerprint density at radius 3 is 2.67 bits per heavy atom. The molecule has 21 heavy (non-hydrogen) atoms. The molecule has 1 fully saturated rings. The van der Waals surface area contributed by atoms with Crippen molar-refractivity contribution in [3.8, 4) is 6.07 Å². The van der Waals surface area contributed by atoms with Crippen molar-refractivity contribution in [2.45, 2.75) is 33.0 Å². The Kier molecular flexibility index (Phi) is 3.30. The van der Waals surface area contributed by atoms with Crippen molar-refractivity contribution in [1.29, 1.82) is 5.26 Å². The third-order valence-electron chi connectivity index (χ3n) is 4.62. The van der Waals surface area contributed by atoms with Crippen LogP contribution in [0.3, 0.4) is 0 Å². The fraction of sp³-hybridized carbons (Fsp3) is 0.412. The van der Waals surface area contributed by atoms with Crippen molar-refractivity contribution < 1.29 is 9.53 Å². The van der Waals surface area contributed by atoms with E-state index in [9.17, 15) is 4.79 Å². The predicted octanol–water partition coefficient (Wildman–Crippen LogP) is 3.28. The van der Waals surface area contributed by atoms with Crippen LogP contribution in [0.1, 0.15) is 36.7 Å². The molecule has 1 aliphatic heterocycles. The van der Waals surface area contributed by atoms with Gasteiger partial charge in [0.25, 0.3) is 0 Å². The van der Waals surface area contributed by atoms with Gasteiger partial charge in [-0.25, -0.2) is 0 Å². The Morgan fingerprint density at radius 1 is 1.29 bits per heavy atom. The first kappa shape index (κ1) is 13.8. The van der Waals surface area contributed by atoms with Crippen molar-refractivity contribution in [2.75, 3.05) is 0 Å². The van der Waals surface area contributed by atoms with Crippen LogP contribution in [-0.2, 0) is 4.74 Å². The number of ether oxygens (including phenoxy) is 1. The SMILES string of the molecule is CC1OC(C)C(C(=O)c2c[nH]c3cc(C#N)ccc23)C1C. The number of aromatic amines is 1. The lowest BCUT2D eigenvalue weighted by Crippen LogP contribution is -2.26. The van der Waals surface area contributed by atoms with E-state index in [1.807, 2.05) is 19.9 Å². The average molecular weight is 282 g/mol. The van der Waals surface area contributed by atoms with Crippen LogP contribution in [-0.4, -0.2) is 23.0 Å². The molecule has 1 aromatic heterocycles. The van der Waals surface area contributed by atoms with Crippen LogP contribution in [0.2, 0.25) is 0 Å². The Balaban J connectivity index is 2.01. The number of hydrogen-bond acceptors (Lipinski definition) is 3. The summed E-state index contributed by atoms with van der Waals surface area (Å²) in [5.41, 5.74) is 2.10. The molecule has 0 saturated carbocycles. The van der Waals surface area contributed by atoms with Gasteiger partial charge in [-0.2, -0.15) is 5.26 Å². The van der Waals surface area contributed by atoms with Crippen LogP contribution >= 0.6 is 0 Å². The van der Waals surface area contributed by atoms with Crippen molar-refractivity contribution >= 4 is 16.7 Å². The lowest BCUT2D eigenvalue weighted by atomic mass is 9.83. The second-order valence-corrected chi connectivity index (χ2v) is 5.87. The predicted molar refractivity (Wildman–Crippen MR) is 80.0 cm³/mol. The van der Waals surface area contributed by atoms with Gasteiger partial charge in [0.05, 0.1) is 29.8 Å². The van der Waals surface area contributed by atoms with Gasteiger partial charge in [0.15, 0.2) is 5.78 Å². The van der Waals surface area contributed by atoms with E-state index >= 15 is 0 Å². The van der Waals surface area contributed by atoms with E-state index in [4.69, 9.17) is 10.00 Å². The molecule has 2 aromatic rings. The van der Waals surface area contributed by atoms with Crippen LogP contribution in [0.4, 0.5) is 0 Å². The Morgan fingerprint density at radius 2 is 2.05 bits per heavy atom. The van der Waals surface area contributed by atoms with Crippen molar-refractivity contribution in [1.82, 2.24) is 4.98 Å². The topological polar surface area (TPSA) is 65.9 Å². The number of nitrogens with zero attached hydrogens (tertiary/aromatic N) is 1. The second-order valence-electron chi connectivity index (χ2n) is 5.87. The highest BCUT2D eigenvalue weighted by molar-refractivity contribution is 6.09. The number of nitriles is 1. The number of ketones is 1. The summed E-state index contributed by atoms with van der Waals surface area (Å²) in [6, 6.07) is 7.46. The number of benzene rings is 1. The van der Waals surface area contributed by atoms with Crippen molar-refractivity contribution in [2.24, 2.45) is 11.8 Å². The third-order valence-corrected chi connectivity index (χ3v) is 4.62. The molecule has 1 aliphatic rings. The van der Waals surface area contributed by atoms with Gasteiger partial charge in [0.1, 0.15) is 0 Å². The smallest absolute Gasteiger partial charge is 0.171 e. The quantitative estimate of drug-likeness (QED) is 0.860. The summed E-state index contributed by atoms with van der Waals surface area (Å²) in [5, 5.41) is 9.81. The summed E-state index contributed by atoms with van der Waals surface area (Å²) in [5.74, 6) is 0.209. The zero-order valence-electron chi connectivity index (χ0n) is 12.4. The number of nitrogens with one attached hydrogen (secondary N) is 1. The summed E-state index contributed by atoms with van der Waals surface area (Å²) in [7, 11) is 0. The van der Waals surface area contributed by atoms with Gasteiger partial charge in [0.2, 0.25) is 0 Å². The van der Waals surface area contributed by atoms with E-state index in [1.165, 1.54) is 0 Å². The average Bonchev–Trinajstić information content (AvgIpc) is 2.99. The first-order valence-electron chi connectivity index (χ1n) is 7.24. The number of rotatable bonds is 2. The number of H-pyrrole nitrogens is 1. The second kappa shape index (κ2) is 5.01. The standard InChI is InChI=1S/C17H18N2O2/c1-9-10(2)21-11(3)16(9)17(20)14-8-19-15-6-12(7-18)4-5-13(14)15/h4-6,8-11,16,19H,1-3H3. The summed E-state index contributed by atoms with van der Waals surface area (Å²) in [6.45, 7) is 6.05. The van der Waals surface area contributed by atoms with Gasteiger partial charge in [-0.15, -0.1) is 0 Å². The Bertz CT molecular complexity index is 741. The number of carbonyl (C=O) groups is 1. The maximum absolute atomic E-state index is 12.9. The molecule has 0 spiro atoms. The number of Topliss-reactive ketones (excluding diaryl/α,β-unsaturated/α-hetero) is 1. The molecular weight excluding hydrogens is 264 g/mol.